The minimum Gasteiger partial charge on any atom is -0.496 e. The summed E-state index contributed by atoms with van der Waals surface area (Å²) in [7, 11) is 5.44. The van der Waals surface area contributed by atoms with Crippen molar-refractivity contribution >= 4 is 5.69 Å². The van der Waals surface area contributed by atoms with E-state index in [0.29, 0.717) is 12.2 Å². The number of methoxy groups -OCH3 is 1. The Morgan fingerprint density at radius 3 is 2.62 bits per heavy atom. The van der Waals surface area contributed by atoms with Gasteiger partial charge in [-0.05, 0) is 36.9 Å². The average molecular weight is 288 g/mol. The lowest BCUT2D eigenvalue weighted by Gasteiger charge is -2.21. The fourth-order valence-corrected chi connectivity index (χ4v) is 2.37. The largest absolute Gasteiger partial charge is 0.496 e. The first-order valence-corrected chi connectivity index (χ1v) is 6.91. The molecule has 0 heterocycles. The second-order valence-electron chi connectivity index (χ2n) is 4.98. The van der Waals surface area contributed by atoms with E-state index in [0.717, 1.165) is 17.9 Å². The SMILES string of the molecule is CNCc1ccc(OC)c(CN(C)c2ccccc2F)c1. The van der Waals surface area contributed by atoms with E-state index in [4.69, 9.17) is 4.74 Å². The summed E-state index contributed by atoms with van der Waals surface area (Å²) in [6.45, 7) is 1.38. The van der Waals surface area contributed by atoms with Gasteiger partial charge >= 0.3 is 0 Å². The molecule has 2 aromatic rings. The lowest BCUT2D eigenvalue weighted by molar-refractivity contribution is 0.409. The van der Waals surface area contributed by atoms with Gasteiger partial charge in [0.2, 0.25) is 0 Å². The van der Waals surface area contributed by atoms with Crippen LogP contribution >= 0.6 is 0 Å². The predicted molar refractivity (Wildman–Crippen MR) is 84.3 cm³/mol. The summed E-state index contributed by atoms with van der Waals surface area (Å²) in [5.74, 6) is 0.600. The molecule has 3 nitrogen and oxygen atoms in total. The number of para-hydroxylation sites is 1. The van der Waals surface area contributed by atoms with Crippen LogP contribution in [0.25, 0.3) is 0 Å². The number of hydrogen-bond acceptors (Lipinski definition) is 3. The van der Waals surface area contributed by atoms with Crippen molar-refractivity contribution in [3.05, 3.63) is 59.4 Å². The summed E-state index contributed by atoms with van der Waals surface area (Å²) < 4.78 is 19.2. The lowest BCUT2D eigenvalue weighted by atomic mass is 10.1. The Morgan fingerprint density at radius 1 is 1.19 bits per heavy atom. The quantitative estimate of drug-likeness (QED) is 0.883. The third-order valence-electron chi connectivity index (χ3n) is 3.40. The molecule has 112 valence electrons. The first-order chi connectivity index (χ1) is 10.2. The van der Waals surface area contributed by atoms with Gasteiger partial charge in [-0.1, -0.05) is 18.2 Å². The second-order valence-corrected chi connectivity index (χ2v) is 4.98. The van der Waals surface area contributed by atoms with Gasteiger partial charge in [0, 0.05) is 25.7 Å². The van der Waals surface area contributed by atoms with E-state index in [2.05, 4.69) is 11.4 Å². The van der Waals surface area contributed by atoms with E-state index in [1.165, 1.54) is 11.6 Å². The molecule has 0 saturated carbocycles. The maximum atomic E-state index is 13.8. The summed E-state index contributed by atoms with van der Waals surface area (Å²) in [4.78, 5) is 1.89. The van der Waals surface area contributed by atoms with Gasteiger partial charge in [-0.3, -0.25) is 0 Å². The molecule has 1 N–H and O–H groups in total. The Morgan fingerprint density at radius 2 is 1.95 bits per heavy atom. The summed E-state index contributed by atoms with van der Waals surface area (Å²) in [6.07, 6.45) is 0. The van der Waals surface area contributed by atoms with Gasteiger partial charge in [0.1, 0.15) is 11.6 Å². The smallest absolute Gasteiger partial charge is 0.146 e. The van der Waals surface area contributed by atoms with Crippen molar-refractivity contribution in [3.63, 3.8) is 0 Å². The van der Waals surface area contributed by atoms with Gasteiger partial charge in [-0.2, -0.15) is 0 Å². The van der Waals surface area contributed by atoms with E-state index >= 15 is 0 Å². The minimum absolute atomic E-state index is 0.217. The molecule has 0 bridgehead atoms. The fraction of sp³-hybridized carbons (Fsp3) is 0.294. The van der Waals surface area contributed by atoms with Crippen molar-refractivity contribution in [2.45, 2.75) is 13.1 Å². The first kappa shape index (κ1) is 15.3. The maximum absolute atomic E-state index is 13.8. The number of anilines is 1. The first-order valence-electron chi connectivity index (χ1n) is 6.91. The van der Waals surface area contributed by atoms with Gasteiger partial charge in [0.15, 0.2) is 0 Å². The Hall–Kier alpha value is -2.07. The van der Waals surface area contributed by atoms with Crippen molar-refractivity contribution in [3.8, 4) is 5.75 Å². The zero-order valence-electron chi connectivity index (χ0n) is 12.7. The fourth-order valence-electron chi connectivity index (χ4n) is 2.37. The van der Waals surface area contributed by atoms with Crippen LogP contribution in [0.4, 0.5) is 10.1 Å². The molecule has 0 atom stereocenters. The van der Waals surface area contributed by atoms with Crippen molar-refractivity contribution in [1.29, 1.82) is 0 Å². The van der Waals surface area contributed by atoms with E-state index < -0.39 is 0 Å². The van der Waals surface area contributed by atoms with Crippen LogP contribution < -0.4 is 15.0 Å². The molecule has 0 spiro atoms. The monoisotopic (exact) mass is 288 g/mol. The molecule has 0 aliphatic rings. The number of benzene rings is 2. The van der Waals surface area contributed by atoms with Crippen LogP contribution in [0.2, 0.25) is 0 Å². The van der Waals surface area contributed by atoms with E-state index in [1.54, 1.807) is 19.2 Å². The molecule has 0 aliphatic carbocycles. The molecular formula is C17H21FN2O. The predicted octanol–water partition coefficient (Wildman–Crippen LogP) is 3.19. The van der Waals surface area contributed by atoms with Crippen molar-refractivity contribution in [2.75, 3.05) is 26.1 Å². The summed E-state index contributed by atoms with van der Waals surface area (Å²) in [5, 5.41) is 3.13. The zero-order chi connectivity index (χ0) is 15.2. The number of ether oxygens (including phenoxy) is 1. The van der Waals surface area contributed by atoms with Crippen LogP contribution in [0.5, 0.6) is 5.75 Å². The van der Waals surface area contributed by atoms with Crippen molar-refractivity contribution in [2.24, 2.45) is 0 Å². The van der Waals surface area contributed by atoms with E-state index in [1.807, 2.05) is 37.2 Å². The standard InChI is InChI=1S/C17H21FN2O/c1-19-11-13-8-9-17(21-3)14(10-13)12-20(2)16-7-5-4-6-15(16)18/h4-10,19H,11-12H2,1-3H3. The Kier molecular flexibility index (Phi) is 5.17. The molecular weight excluding hydrogens is 267 g/mol. The molecule has 0 aliphatic heterocycles. The molecule has 0 amide bonds. The third-order valence-corrected chi connectivity index (χ3v) is 3.40. The van der Waals surface area contributed by atoms with E-state index in [-0.39, 0.29) is 5.82 Å². The average Bonchev–Trinajstić information content (AvgIpc) is 2.48. The maximum Gasteiger partial charge on any atom is 0.146 e. The highest BCUT2D eigenvalue weighted by Crippen LogP contribution is 2.25. The van der Waals surface area contributed by atoms with Crippen LogP contribution in [0.3, 0.4) is 0 Å². The molecule has 0 radical (unpaired) electrons. The molecule has 0 saturated heterocycles. The molecule has 0 aromatic heterocycles. The number of hydrogen-bond donors (Lipinski definition) is 1. The van der Waals surface area contributed by atoms with Crippen molar-refractivity contribution in [1.82, 2.24) is 5.32 Å². The van der Waals surface area contributed by atoms with Crippen LogP contribution in [-0.2, 0) is 13.1 Å². The summed E-state index contributed by atoms with van der Waals surface area (Å²) in [6, 6.07) is 12.9. The Balaban J connectivity index is 2.25. The van der Waals surface area contributed by atoms with Crippen molar-refractivity contribution < 1.29 is 9.13 Å². The number of nitrogens with zero attached hydrogens (tertiary/aromatic N) is 1. The van der Waals surface area contributed by atoms with Gasteiger partial charge in [0.05, 0.1) is 12.8 Å². The normalized spacial score (nSPS) is 10.5. The molecule has 21 heavy (non-hydrogen) atoms. The Bertz CT molecular complexity index is 601. The Labute approximate surface area is 125 Å². The number of halogens is 1. The number of nitrogens with one attached hydrogen (secondary N) is 1. The highest BCUT2D eigenvalue weighted by Gasteiger charge is 2.11. The topological polar surface area (TPSA) is 24.5 Å². The summed E-state index contributed by atoms with van der Waals surface area (Å²) >= 11 is 0. The molecule has 0 fully saturated rings. The third kappa shape index (κ3) is 3.73. The molecule has 0 unspecified atom stereocenters. The highest BCUT2D eigenvalue weighted by atomic mass is 19.1. The van der Waals surface area contributed by atoms with Crippen LogP contribution in [-0.4, -0.2) is 21.2 Å². The van der Waals surface area contributed by atoms with Gasteiger partial charge in [-0.15, -0.1) is 0 Å². The van der Waals surface area contributed by atoms with Gasteiger partial charge in [-0.25, -0.2) is 4.39 Å². The molecule has 2 rings (SSSR count). The number of rotatable bonds is 6. The minimum atomic E-state index is -0.217. The second kappa shape index (κ2) is 7.09. The van der Waals surface area contributed by atoms with Crippen LogP contribution in [0.1, 0.15) is 11.1 Å². The lowest BCUT2D eigenvalue weighted by Crippen LogP contribution is -2.18. The molecule has 4 heteroatoms. The molecule has 2 aromatic carbocycles. The van der Waals surface area contributed by atoms with Crippen LogP contribution in [0.15, 0.2) is 42.5 Å². The highest BCUT2D eigenvalue weighted by molar-refractivity contribution is 5.49. The van der Waals surface area contributed by atoms with Gasteiger partial charge in [0.25, 0.3) is 0 Å². The van der Waals surface area contributed by atoms with E-state index in [9.17, 15) is 4.39 Å². The van der Waals surface area contributed by atoms with Gasteiger partial charge < -0.3 is 15.0 Å². The van der Waals surface area contributed by atoms with Crippen LogP contribution in [0, 0.1) is 5.82 Å². The zero-order valence-corrected chi connectivity index (χ0v) is 12.7. The summed E-state index contributed by atoms with van der Waals surface area (Å²) in [5.41, 5.74) is 2.80.